The number of nitrogens with two attached hydrogens (primary N) is 1. The standard InChI is InChI=1S/C12H17F3N4O/c1-2-19-7-9(16)10(17-19)11(20)18-5-3-8(4-6-18)12(13,14)15/h7-8H,2-6,16H2,1H3. The molecule has 112 valence electrons. The summed E-state index contributed by atoms with van der Waals surface area (Å²) in [6.45, 7) is 2.60. The van der Waals surface area contributed by atoms with Crippen molar-refractivity contribution in [2.24, 2.45) is 5.92 Å². The molecule has 2 rings (SSSR count). The molecule has 0 bridgehead atoms. The Bertz CT molecular complexity index is 489. The van der Waals surface area contributed by atoms with Crippen LogP contribution in [-0.4, -0.2) is 39.9 Å². The Morgan fingerprint density at radius 3 is 2.50 bits per heavy atom. The van der Waals surface area contributed by atoms with Gasteiger partial charge in [-0.1, -0.05) is 0 Å². The second-order valence-corrected chi connectivity index (χ2v) is 4.90. The molecule has 1 aliphatic heterocycles. The molecule has 2 N–H and O–H groups in total. The third kappa shape index (κ3) is 2.88. The van der Waals surface area contributed by atoms with Crippen LogP contribution in [0, 0.1) is 5.92 Å². The molecule has 0 saturated carbocycles. The second kappa shape index (κ2) is 5.34. The number of aromatic nitrogens is 2. The minimum Gasteiger partial charge on any atom is -0.396 e. The first kappa shape index (κ1) is 14.7. The first-order chi connectivity index (χ1) is 9.32. The lowest BCUT2D eigenvalue weighted by molar-refractivity contribution is -0.183. The van der Waals surface area contributed by atoms with Crippen molar-refractivity contribution in [1.29, 1.82) is 0 Å². The molecule has 0 unspecified atom stereocenters. The van der Waals surface area contributed by atoms with Crippen LogP contribution < -0.4 is 5.73 Å². The molecule has 0 aromatic carbocycles. The van der Waals surface area contributed by atoms with Crippen molar-refractivity contribution in [3.63, 3.8) is 0 Å². The van der Waals surface area contributed by atoms with E-state index in [9.17, 15) is 18.0 Å². The highest BCUT2D eigenvalue weighted by atomic mass is 19.4. The van der Waals surface area contributed by atoms with E-state index in [1.54, 1.807) is 6.20 Å². The van der Waals surface area contributed by atoms with Crippen molar-refractivity contribution < 1.29 is 18.0 Å². The topological polar surface area (TPSA) is 64.2 Å². The van der Waals surface area contributed by atoms with Gasteiger partial charge in [-0.2, -0.15) is 18.3 Å². The number of carbonyl (C=O) groups is 1. The number of nitrogen functional groups attached to an aromatic ring is 1. The summed E-state index contributed by atoms with van der Waals surface area (Å²) in [5.41, 5.74) is 6.09. The lowest BCUT2D eigenvalue weighted by atomic mass is 9.96. The van der Waals surface area contributed by atoms with Crippen molar-refractivity contribution in [2.75, 3.05) is 18.8 Å². The van der Waals surface area contributed by atoms with E-state index in [1.165, 1.54) is 9.58 Å². The van der Waals surface area contributed by atoms with Crippen LogP contribution in [0.15, 0.2) is 6.20 Å². The molecule has 1 fully saturated rings. The van der Waals surface area contributed by atoms with Gasteiger partial charge in [0, 0.05) is 25.8 Å². The number of piperidine rings is 1. The molecule has 2 heterocycles. The number of anilines is 1. The van der Waals surface area contributed by atoms with Crippen molar-refractivity contribution >= 4 is 11.6 Å². The van der Waals surface area contributed by atoms with Crippen LogP contribution in [0.3, 0.4) is 0 Å². The minimum absolute atomic E-state index is 0.0658. The average molecular weight is 290 g/mol. The van der Waals surface area contributed by atoms with E-state index in [-0.39, 0.29) is 37.3 Å². The van der Waals surface area contributed by atoms with Gasteiger partial charge in [0.2, 0.25) is 0 Å². The molecule has 1 aromatic rings. The summed E-state index contributed by atoms with van der Waals surface area (Å²) in [6.07, 6.45) is -2.76. The number of rotatable bonds is 2. The second-order valence-electron chi connectivity index (χ2n) is 4.90. The largest absolute Gasteiger partial charge is 0.396 e. The number of alkyl halides is 3. The third-order valence-corrected chi connectivity index (χ3v) is 3.56. The maximum absolute atomic E-state index is 12.6. The van der Waals surface area contributed by atoms with E-state index in [0.29, 0.717) is 6.54 Å². The zero-order valence-electron chi connectivity index (χ0n) is 11.2. The summed E-state index contributed by atoms with van der Waals surface area (Å²) in [4.78, 5) is 13.6. The number of likely N-dealkylation sites (tertiary alicyclic amines) is 1. The first-order valence-electron chi connectivity index (χ1n) is 6.51. The predicted molar refractivity (Wildman–Crippen MR) is 67.0 cm³/mol. The molecule has 0 spiro atoms. The normalized spacial score (nSPS) is 17.5. The molecule has 20 heavy (non-hydrogen) atoms. The number of hydrogen-bond donors (Lipinski definition) is 1. The Labute approximate surface area is 114 Å². The summed E-state index contributed by atoms with van der Waals surface area (Å²) >= 11 is 0. The molecule has 1 aromatic heterocycles. The van der Waals surface area contributed by atoms with Crippen LogP contribution in [0.4, 0.5) is 18.9 Å². The summed E-state index contributed by atoms with van der Waals surface area (Å²) in [7, 11) is 0. The lowest BCUT2D eigenvalue weighted by Crippen LogP contribution is -2.42. The molecule has 0 aliphatic carbocycles. The number of nitrogens with zero attached hydrogens (tertiary/aromatic N) is 3. The Kier molecular flexibility index (Phi) is 3.92. The predicted octanol–water partition coefficient (Wildman–Crippen LogP) is 1.90. The number of amides is 1. The Hall–Kier alpha value is -1.73. The van der Waals surface area contributed by atoms with E-state index in [2.05, 4.69) is 5.10 Å². The van der Waals surface area contributed by atoms with E-state index >= 15 is 0 Å². The fourth-order valence-corrected chi connectivity index (χ4v) is 2.32. The van der Waals surface area contributed by atoms with E-state index in [0.717, 1.165) is 0 Å². The molecule has 8 heteroatoms. The highest BCUT2D eigenvalue weighted by molar-refractivity contribution is 5.97. The summed E-state index contributed by atoms with van der Waals surface area (Å²) in [5, 5.41) is 4.05. The van der Waals surface area contributed by atoms with Gasteiger partial charge < -0.3 is 10.6 Å². The Balaban J connectivity index is 2.03. The van der Waals surface area contributed by atoms with Crippen LogP contribution in [0.5, 0.6) is 0 Å². The molecule has 1 saturated heterocycles. The first-order valence-corrected chi connectivity index (χ1v) is 6.51. The highest BCUT2D eigenvalue weighted by Crippen LogP contribution is 2.34. The van der Waals surface area contributed by atoms with Gasteiger partial charge in [-0.25, -0.2) is 0 Å². The van der Waals surface area contributed by atoms with Crippen molar-refractivity contribution in [3.8, 4) is 0 Å². The molecule has 1 aliphatic rings. The van der Waals surface area contributed by atoms with Crippen LogP contribution >= 0.6 is 0 Å². The van der Waals surface area contributed by atoms with Crippen molar-refractivity contribution in [2.45, 2.75) is 32.5 Å². The monoisotopic (exact) mass is 290 g/mol. The summed E-state index contributed by atoms with van der Waals surface area (Å²) < 4.78 is 39.2. The number of halogens is 3. The fourth-order valence-electron chi connectivity index (χ4n) is 2.32. The highest BCUT2D eigenvalue weighted by Gasteiger charge is 2.42. The van der Waals surface area contributed by atoms with Crippen LogP contribution in [-0.2, 0) is 6.54 Å². The zero-order valence-corrected chi connectivity index (χ0v) is 11.2. The van der Waals surface area contributed by atoms with Gasteiger partial charge in [0.15, 0.2) is 5.69 Å². The van der Waals surface area contributed by atoms with Gasteiger partial charge in [0.1, 0.15) is 0 Å². The Morgan fingerprint density at radius 1 is 1.45 bits per heavy atom. The zero-order chi connectivity index (χ0) is 14.9. The fraction of sp³-hybridized carbons (Fsp3) is 0.667. The molecular formula is C12H17F3N4O. The van der Waals surface area contributed by atoms with Crippen LogP contribution in [0.25, 0.3) is 0 Å². The number of aryl methyl sites for hydroxylation is 1. The average Bonchev–Trinajstić information content (AvgIpc) is 2.78. The van der Waals surface area contributed by atoms with Gasteiger partial charge in [-0.3, -0.25) is 9.48 Å². The van der Waals surface area contributed by atoms with E-state index in [4.69, 9.17) is 5.73 Å². The van der Waals surface area contributed by atoms with Crippen molar-refractivity contribution in [1.82, 2.24) is 14.7 Å². The summed E-state index contributed by atoms with van der Waals surface area (Å²) in [5.74, 6) is -1.72. The number of carbonyl (C=O) groups excluding carboxylic acids is 1. The molecule has 5 nitrogen and oxygen atoms in total. The number of hydrogen-bond acceptors (Lipinski definition) is 3. The van der Waals surface area contributed by atoms with Crippen LogP contribution in [0.2, 0.25) is 0 Å². The molecule has 0 atom stereocenters. The van der Waals surface area contributed by atoms with Crippen LogP contribution in [0.1, 0.15) is 30.3 Å². The summed E-state index contributed by atoms with van der Waals surface area (Å²) in [6, 6.07) is 0. The van der Waals surface area contributed by atoms with Gasteiger partial charge >= 0.3 is 6.18 Å². The minimum atomic E-state index is -4.18. The van der Waals surface area contributed by atoms with Crippen molar-refractivity contribution in [3.05, 3.63) is 11.9 Å². The quantitative estimate of drug-likeness (QED) is 0.904. The van der Waals surface area contributed by atoms with E-state index in [1.807, 2.05) is 6.92 Å². The maximum Gasteiger partial charge on any atom is 0.391 e. The Morgan fingerprint density at radius 2 is 2.05 bits per heavy atom. The SMILES string of the molecule is CCn1cc(N)c(C(=O)N2CCC(C(F)(F)F)CC2)n1. The smallest absolute Gasteiger partial charge is 0.391 e. The molecular weight excluding hydrogens is 273 g/mol. The van der Waals surface area contributed by atoms with Gasteiger partial charge in [-0.05, 0) is 19.8 Å². The van der Waals surface area contributed by atoms with Gasteiger partial charge in [0.25, 0.3) is 5.91 Å². The third-order valence-electron chi connectivity index (χ3n) is 3.56. The lowest BCUT2D eigenvalue weighted by Gasteiger charge is -2.32. The van der Waals surface area contributed by atoms with E-state index < -0.39 is 18.0 Å². The van der Waals surface area contributed by atoms with Gasteiger partial charge in [-0.15, -0.1) is 0 Å². The van der Waals surface area contributed by atoms with Gasteiger partial charge in [0.05, 0.1) is 11.6 Å². The molecule has 1 amide bonds. The molecule has 0 radical (unpaired) electrons. The maximum atomic E-state index is 12.6.